The van der Waals surface area contributed by atoms with Crippen molar-refractivity contribution < 1.29 is 9.47 Å². The van der Waals surface area contributed by atoms with Crippen molar-refractivity contribution >= 4 is 5.96 Å². The zero-order valence-electron chi connectivity index (χ0n) is 15.2. The Kier molecular flexibility index (Phi) is 8.05. The van der Waals surface area contributed by atoms with E-state index >= 15 is 0 Å². The third-order valence-corrected chi connectivity index (χ3v) is 4.35. The molecule has 5 nitrogen and oxygen atoms in total. The molecule has 0 saturated carbocycles. The number of aryl methyl sites for hydroxylation is 1. The number of nitrogens with zero attached hydrogens (tertiary/aromatic N) is 1. The van der Waals surface area contributed by atoms with Crippen LogP contribution in [0.25, 0.3) is 0 Å². The van der Waals surface area contributed by atoms with Gasteiger partial charge >= 0.3 is 0 Å². The molecule has 1 aliphatic rings. The van der Waals surface area contributed by atoms with Gasteiger partial charge in [0.1, 0.15) is 0 Å². The standard InChI is InChI=1S/C19H31N3O2/c1-4-23-13-11-21-19(20-3)22-14-17-6-5-12-24-18(17)16-9-7-15(2)8-10-16/h7-10,17-18H,4-6,11-14H2,1-3H3,(H2,20,21,22). The predicted molar refractivity (Wildman–Crippen MR) is 98.5 cm³/mol. The highest BCUT2D eigenvalue weighted by Gasteiger charge is 2.27. The highest BCUT2D eigenvalue weighted by atomic mass is 16.5. The second-order valence-corrected chi connectivity index (χ2v) is 6.18. The Hall–Kier alpha value is -1.59. The monoisotopic (exact) mass is 333 g/mol. The Labute approximate surface area is 145 Å². The van der Waals surface area contributed by atoms with Crippen molar-refractivity contribution in [3.63, 3.8) is 0 Å². The SMILES string of the molecule is CCOCCNC(=NC)NCC1CCCOC1c1ccc(C)cc1. The Balaban J connectivity index is 1.87. The van der Waals surface area contributed by atoms with Crippen LogP contribution in [0.15, 0.2) is 29.3 Å². The molecule has 2 N–H and O–H groups in total. The second kappa shape index (κ2) is 10.3. The van der Waals surface area contributed by atoms with E-state index in [0.29, 0.717) is 12.5 Å². The molecule has 1 aliphatic heterocycles. The first-order valence-electron chi connectivity index (χ1n) is 8.95. The number of rotatable bonds is 7. The van der Waals surface area contributed by atoms with Crippen molar-refractivity contribution in [2.24, 2.45) is 10.9 Å². The van der Waals surface area contributed by atoms with E-state index in [2.05, 4.69) is 46.8 Å². The second-order valence-electron chi connectivity index (χ2n) is 6.18. The van der Waals surface area contributed by atoms with Gasteiger partial charge in [0, 0.05) is 39.3 Å². The number of benzene rings is 1. The molecule has 0 bridgehead atoms. The molecule has 2 rings (SSSR count). The molecular formula is C19H31N3O2. The van der Waals surface area contributed by atoms with E-state index in [0.717, 1.165) is 38.7 Å². The fourth-order valence-corrected chi connectivity index (χ4v) is 3.01. The molecular weight excluding hydrogens is 302 g/mol. The molecule has 0 radical (unpaired) electrons. The molecule has 1 heterocycles. The van der Waals surface area contributed by atoms with Crippen LogP contribution in [-0.4, -0.2) is 45.9 Å². The van der Waals surface area contributed by atoms with Gasteiger partial charge in [0.2, 0.25) is 0 Å². The summed E-state index contributed by atoms with van der Waals surface area (Å²) in [6.07, 6.45) is 2.44. The minimum atomic E-state index is 0.161. The molecule has 2 atom stereocenters. The first kappa shape index (κ1) is 18.7. The van der Waals surface area contributed by atoms with Crippen LogP contribution in [0.3, 0.4) is 0 Å². The average Bonchev–Trinajstić information content (AvgIpc) is 2.62. The van der Waals surface area contributed by atoms with Crippen molar-refractivity contribution in [3.8, 4) is 0 Å². The number of aliphatic imine (C=N–C) groups is 1. The number of ether oxygens (including phenoxy) is 2. The highest BCUT2D eigenvalue weighted by Crippen LogP contribution is 2.33. The molecule has 2 unspecified atom stereocenters. The van der Waals surface area contributed by atoms with Crippen LogP contribution in [0.2, 0.25) is 0 Å². The summed E-state index contributed by atoms with van der Waals surface area (Å²) >= 11 is 0. The fourth-order valence-electron chi connectivity index (χ4n) is 3.01. The third kappa shape index (κ3) is 5.80. The van der Waals surface area contributed by atoms with Crippen LogP contribution in [0.5, 0.6) is 0 Å². The molecule has 1 saturated heterocycles. The zero-order valence-corrected chi connectivity index (χ0v) is 15.2. The molecule has 1 aromatic rings. The Morgan fingerprint density at radius 3 is 2.79 bits per heavy atom. The van der Waals surface area contributed by atoms with Crippen molar-refractivity contribution in [3.05, 3.63) is 35.4 Å². The molecule has 1 fully saturated rings. The molecule has 0 aliphatic carbocycles. The minimum absolute atomic E-state index is 0.161. The lowest BCUT2D eigenvalue weighted by molar-refractivity contribution is -0.0265. The maximum Gasteiger partial charge on any atom is 0.191 e. The largest absolute Gasteiger partial charge is 0.380 e. The van der Waals surface area contributed by atoms with Crippen LogP contribution in [0, 0.1) is 12.8 Å². The smallest absolute Gasteiger partial charge is 0.191 e. The van der Waals surface area contributed by atoms with E-state index in [9.17, 15) is 0 Å². The van der Waals surface area contributed by atoms with Gasteiger partial charge in [-0.3, -0.25) is 4.99 Å². The number of hydrogen-bond acceptors (Lipinski definition) is 3. The minimum Gasteiger partial charge on any atom is -0.380 e. The summed E-state index contributed by atoms with van der Waals surface area (Å²) in [6.45, 7) is 8.00. The Morgan fingerprint density at radius 1 is 1.29 bits per heavy atom. The van der Waals surface area contributed by atoms with Gasteiger partial charge in [-0.2, -0.15) is 0 Å². The van der Waals surface area contributed by atoms with E-state index in [1.165, 1.54) is 17.5 Å². The van der Waals surface area contributed by atoms with E-state index in [-0.39, 0.29) is 6.10 Å². The van der Waals surface area contributed by atoms with Gasteiger partial charge in [0.05, 0.1) is 12.7 Å². The Bertz CT molecular complexity index is 502. The van der Waals surface area contributed by atoms with Gasteiger partial charge in [-0.1, -0.05) is 29.8 Å². The quantitative estimate of drug-likeness (QED) is 0.458. The summed E-state index contributed by atoms with van der Waals surface area (Å²) in [5, 5.41) is 6.71. The molecule has 134 valence electrons. The summed E-state index contributed by atoms with van der Waals surface area (Å²) in [5.74, 6) is 1.27. The Morgan fingerprint density at radius 2 is 2.08 bits per heavy atom. The lowest BCUT2D eigenvalue weighted by atomic mass is 9.89. The normalized spacial score (nSPS) is 21.5. The van der Waals surface area contributed by atoms with Crippen LogP contribution in [0.4, 0.5) is 0 Å². The van der Waals surface area contributed by atoms with E-state index in [4.69, 9.17) is 9.47 Å². The summed E-state index contributed by atoms with van der Waals surface area (Å²) in [6, 6.07) is 8.69. The molecule has 5 heteroatoms. The third-order valence-electron chi connectivity index (χ3n) is 4.35. The first-order chi connectivity index (χ1) is 11.7. The van der Waals surface area contributed by atoms with Gasteiger partial charge in [0.25, 0.3) is 0 Å². The van der Waals surface area contributed by atoms with E-state index in [1.54, 1.807) is 7.05 Å². The zero-order chi connectivity index (χ0) is 17.2. The van der Waals surface area contributed by atoms with Gasteiger partial charge < -0.3 is 20.1 Å². The average molecular weight is 333 g/mol. The maximum atomic E-state index is 6.08. The lowest BCUT2D eigenvalue weighted by Gasteiger charge is -2.32. The number of hydrogen-bond donors (Lipinski definition) is 2. The maximum absolute atomic E-state index is 6.08. The molecule has 1 aromatic carbocycles. The summed E-state index contributed by atoms with van der Waals surface area (Å²) in [5.41, 5.74) is 2.55. The van der Waals surface area contributed by atoms with Crippen LogP contribution < -0.4 is 10.6 Å². The van der Waals surface area contributed by atoms with Crippen molar-refractivity contribution in [2.45, 2.75) is 32.8 Å². The summed E-state index contributed by atoms with van der Waals surface area (Å²) in [4.78, 5) is 4.28. The van der Waals surface area contributed by atoms with E-state index in [1.807, 2.05) is 6.92 Å². The van der Waals surface area contributed by atoms with Crippen LogP contribution in [-0.2, 0) is 9.47 Å². The van der Waals surface area contributed by atoms with Gasteiger partial charge in [0.15, 0.2) is 5.96 Å². The molecule has 0 spiro atoms. The highest BCUT2D eigenvalue weighted by molar-refractivity contribution is 5.79. The summed E-state index contributed by atoms with van der Waals surface area (Å²) < 4.78 is 11.4. The predicted octanol–water partition coefficient (Wildman–Crippen LogP) is 2.66. The van der Waals surface area contributed by atoms with Gasteiger partial charge in [-0.15, -0.1) is 0 Å². The first-order valence-corrected chi connectivity index (χ1v) is 8.95. The van der Waals surface area contributed by atoms with E-state index < -0.39 is 0 Å². The van der Waals surface area contributed by atoms with Crippen molar-refractivity contribution in [2.75, 3.05) is 40.0 Å². The van der Waals surface area contributed by atoms with Crippen molar-refractivity contribution in [1.82, 2.24) is 10.6 Å². The van der Waals surface area contributed by atoms with Gasteiger partial charge in [-0.25, -0.2) is 0 Å². The fraction of sp³-hybridized carbons (Fsp3) is 0.632. The van der Waals surface area contributed by atoms with Crippen LogP contribution in [0.1, 0.15) is 37.0 Å². The molecule has 0 amide bonds. The number of guanidine groups is 1. The number of nitrogens with one attached hydrogen (secondary N) is 2. The van der Waals surface area contributed by atoms with Crippen molar-refractivity contribution in [1.29, 1.82) is 0 Å². The molecule has 24 heavy (non-hydrogen) atoms. The van der Waals surface area contributed by atoms with Gasteiger partial charge in [-0.05, 0) is 32.3 Å². The molecule has 0 aromatic heterocycles. The summed E-state index contributed by atoms with van der Waals surface area (Å²) in [7, 11) is 1.80. The van der Waals surface area contributed by atoms with Crippen LogP contribution >= 0.6 is 0 Å². The lowest BCUT2D eigenvalue weighted by Crippen LogP contribution is -2.42. The topological polar surface area (TPSA) is 54.9 Å².